The largest absolute Gasteiger partial charge is 0.469 e. The quantitative estimate of drug-likeness (QED) is 0.857. The van der Waals surface area contributed by atoms with Crippen molar-refractivity contribution in [3.05, 3.63) is 29.5 Å². The van der Waals surface area contributed by atoms with Crippen LogP contribution in [0.1, 0.15) is 44.7 Å². The van der Waals surface area contributed by atoms with Crippen molar-refractivity contribution in [3.8, 4) is 0 Å². The standard InChI is InChI=1S/C20H27N3O3/c1-20(2,3)12-23-11-16-13(7-8-17-15(16)10-21-22-17)5-6-14(19(23)25)9-18(24)26-4/h7-8,10,14H,5-6,9,11-12H2,1-4H3,(H,21,22)/t14-/m0/s1. The number of ether oxygens (including phenoxy) is 1. The molecule has 1 aromatic heterocycles. The first-order valence-corrected chi connectivity index (χ1v) is 9.08. The zero-order chi connectivity index (χ0) is 18.9. The predicted octanol–water partition coefficient (Wildman–Crippen LogP) is 3.06. The van der Waals surface area contributed by atoms with Crippen LogP contribution in [-0.4, -0.2) is 40.6 Å². The van der Waals surface area contributed by atoms with Crippen molar-refractivity contribution in [2.24, 2.45) is 11.3 Å². The molecule has 0 saturated carbocycles. The molecule has 0 spiro atoms. The van der Waals surface area contributed by atoms with Gasteiger partial charge >= 0.3 is 5.97 Å². The molecule has 6 heteroatoms. The maximum atomic E-state index is 13.2. The Balaban J connectivity index is 2.00. The van der Waals surface area contributed by atoms with Gasteiger partial charge in [0.1, 0.15) is 0 Å². The van der Waals surface area contributed by atoms with Crippen molar-refractivity contribution in [2.45, 2.75) is 46.6 Å². The number of hydrogen-bond donors (Lipinski definition) is 1. The van der Waals surface area contributed by atoms with Gasteiger partial charge in [-0.1, -0.05) is 26.8 Å². The molecular formula is C20H27N3O3. The average Bonchev–Trinajstić information content (AvgIpc) is 3.04. The minimum Gasteiger partial charge on any atom is -0.469 e. The van der Waals surface area contributed by atoms with E-state index in [0.717, 1.165) is 22.9 Å². The van der Waals surface area contributed by atoms with E-state index < -0.39 is 0 Å². The summed E-state index contributed by atoms with van der Waals surface area (Å²) in [5.74, 6) is -0.625. The van der Waals surface area contributed by atoms with Crippen LogP contribution >= 0.6 is 0 Å². The Kier molecular flexibility index (Phi) is 5.03. The molecule has 0 bridgehead atoms. The highest BCUT2D eigenvalue weighted by molar-refractivity contribution is 5.86. The van der Waals surface area contributed by atoms with Gasteiger partial charge < -0.3 is 9.64 Å². The van der Waals surface area contributed by atoms with Crippen molar-refractivity contribution in [3.63, 3.8) is 0 Å². The monoisotopic (exact) mass is 357 g/mol. The molecule has 2 heterocycles. The smallest absolute Gasteiger partial charge is 0.306 e. The summed E-state index contributed by atoms with van der Waals surface area (Å²) in [7, 11) is 1.37. The van der Waals surface area contributed by atoms with E-state index in [1.54, 1.807) is 0 Å². The van der Waals surface area contributed by atoms with Crippen LogP contribution in [0.5, 0.6) is 0 Å². The van der Waals surface area contributed by atoms with Crippen LogP contribution in [0.2, 0.25) is 0 Å². The van der Waals surface area contributed by atoms with E-state index in [1.165, 1.54) is 12.7 Å². The molecule has 26 heavy (non-hydrogen) atoms. The molecule has 1 aliphatic heterocycles. The third-order valence-corrected chi connectivity index (χ3v) is 4.91. The van der Waals surface area contributed by atoms with Crippen LogP contribution in [0.15, 0.2) is 18.3 Å². The van der Waals surface area contributed by atoms with Crippen LogP contribution in [0, 0.1) is 11.3 Å². The number of aryl methyl sites for hydroxylation is 1. The molecule has 140 valence electrons. The number of amides is 1. The summed E-state index contributed by atoms with van der Waals surface area (Å²) in [6.07, 6.45) is 3.39. The fourth-order valence-electron chi connectivity index (χ4n) is 3.70. The summed E-state index contributed by atoms with van der Waals surface area (Å²) < 4.78 is 4.80. The van der Waals surface area contributed by atoms with E-state index >= 15 is 0 Å². The zero-order valence-corrected chi connectivity index (χ0v) is 16.0. The Morgan fingerprint density at radius 1 is 1.38 bits per heavy atom. The maximum absolute atomic E-state index is 13.2. The first kappa shape index (κ1) is 18.4. The lowest BCUT2D eigenvalue weighted by Crippen LogP contribution is -2.42. The fraction of sp³-hybridized carbons (Fsp3) is 0.550. The lowest BCUT2D eigenvalue weighted by Gasteiger charge is -2.35. The van der Waals surface area contributed by atoms with Gasteiger partial charge in [0.05, 0.1) is 25.2 Å². The summed E-state index contributed by atoms with van der Waals surface area (Å²) in [5.41, 5.74) is 3.33. The first-order valence-electron chi connectivity index (χ1n) is 9.08. The second-order valence-corrected chi connectivity index (χ2v) is 8.31. The fourth-order valence-corrected chi connectivity index (χ4v) is 3.70. The van der Waals surface area contributed by atoms with Gasteiger partial charge in [-0.25, -0.2) is 0 Å². The summed E-state index contributed by atoms with van der Waals surface area (Å²) in [6.45, 7) is 7.53. The number of methoxy groups -OCH3 is 1. The SMILES string of the molecule is COC(=O)C[C@@H]1CCc2ccc3[nH]ncc3c2CN(CC(C)(C)C)C1=O. The number of aromatic amines is 1. The van der Waals surface area contributed by atoms with E-state index in [0.29, 0.717) is 19.5 Å². The van der Waals surface area contributed by atoms with Crippen molar-refractivity contribution in [2.75, 3.05) is 13.7 Å². The number of benzene rings is 1. The van der Waals surface area contributed by atoms with Gasteiger partial charge in [0, 0.05) is 24.4 Å². The van der Waals surface area contributed by atoms with E-state index in [2.05, 4.69) is 37.0 Å². The minimum absolute atomic E-state index is 0.0326. The molecule has 1 aromatic carbocycles. The predicted molar refractivity (Wildman–Crippen MR) is 99.4 cm³/mol. The molecule has 0 unspecified atom stereocenters. The van der Waals surface area contributed by atoms with Gasteiger partial charge in [0.15, 0.2) is 0 Å². The number of H-pyrrole nitrogens is 1. The molecule has 3 rings (SSSR count). The summed E-state index contributed by atoms with van der Waals surface area (Å²) in [6, 6.07) is 4.14. The molecule has 1 amide bonds. The van der Waals surface area contributed by atoms with Crippen LogP contribution in [0.3, 0.4) is 0 Å². The number of hydrogen-bond acceptors (Lipinski definition) is 4. The highest BCUT2D eigenvalue weighted by Gasteiger charge is 2.32. The van der Waals surface area contributed by atoms with Crippen LogP contribution in [0.25, 0.3) is 10.9 Å². The Labute approximate surface area is 153 Å². The van der Waals surface area contributed by atoms with Gasteiger partial charge in [-0.3, -0.25) is 14.7 Å². The highest BCUT2D eigenvalue weighted by Crippen LogP contribution is 2.30. The van der Waals surface area contributed by atoms with Crippen molar-refractivity contribution >= 4 is 22.8 Å². The number of aromatic nitrogens is 2. The molecule has 6 nitrogen and oxygen atoms in total. The Bertz CT molecular complexity index is 819. The second-order valence-electron chi connectivity index (χ2n) is 8.31. The second kappa shape index (κ2) is 7.09. The Morgan fingerprint density at radius 3 is 2.85 bits per heavy atom. The maximum Gasteiger partial charge on any atom is 0.306 e. The molecule has 1 atom stereocenters. The van der Waals surface area contributed by atoms with Crippen molar-refractivity contribution in [1.29, 1.82) is 0 Å². The third kappa shape index (κ3) is 3.89. The molecule has 1 N–H and O–H groups in total. The number of fused-ring (bicyclic) bond motifs is 3. The van der Waals surface area contributed by atoms with E-state index in [9.17, 15) is 9.59 Å². The Hall–Kier alpha value is -2.37. The van der Waals surface area contributed by atoms with Gasteiger partial charge in [-0.2, -0.15) is 5.10 Å². The molecule has 2 aromatic rings. The lowest BCUT2D eigenvalue weighted by molar-refractivity contribution is -0.148. The van der Waals surface area contributed by atoms with Crippen molar-refractivity contribution in [1.82, 2.24) is 15.1 Å². The van der Waals surface area contributed by atoms with Gasteiger partial charge in [0.25, 0.3) is 0 Å². The minimum atomic E-state index is -0.335. The molecule has 1 aliphatic rings. The lowest BCUT2D eigenvalue weighted by atomic mass is 9.87. The highest BCUT2D eigenvalue weighted by atomic mass is 16.5. The number of carbonyl (C=O) groups is 2. The normalized spacial score (nSPS) is 18.4. The van der Waals surface area contributed by atoms with E-state index in [4.69, 9.17) is 4.74 Å². The summed E-state index contributed by atoms with van der Waals surface area (Å²) in [4.78, 5) is 26.9. The van der Waals surface area contributed by atoms with Gasteiger partial charge in [-0.15, -0.1) is 0 Å². The van der Waals surface area contributed by atoms with Crippen LogP contribution < -0.4 is 0 Å². The molecule has 0 radical (unpaired) electrons. The topological polar surface area (TPSA) is 75.3 Å². The number of nitrogens with one attached hydrogen (secondary N) is 1. The summed E-state index contributed by atoms with van der Waals surface area (Å²) in [5, 5.41) is 8.24. The summed E-state index contributed by atoms with van der Waals surface area (Å²) >= 11 is 0. The number of nitrogens with zero attached hydrogens (tertiary/aromatic N) is 2. The molecular weight excluding hydrogens is 330 g/mol. The molecule has 0 aliphatic carbocycles. The first-order chi connectivity index (χ1) is 12.3. The number of esters is 1. The van der Waals surface area contributed by atoms with E-state index in [-0.39, 0.29) is 29.6 Å². The Morgan fingerprint density at radius 2 is 2.15 bits per heavy atom. The average molecular weight is 357 g/mol. The number of rotatable bonds is 3. The van der Waals surface area contributed by atoms with Crippen LogP contribution in [0.4, 0.5) is 0 Å². The van der Waals surface area contributed by atoms with Crippen molar-refractivity contribution < 1.29 is 14.3 Å². The van der Waals surface area contributed by atoms with Gasteiger partial charge in [-0.05, 0) is 35.4 Å². The molecule has 0 saturated heterocycles. The van der Waals surface area contributed by atoms with Crippen LogP contribution in [-0.2, 0) is 27.3 Å². The third-order valence-electron chi connectivity index (χ3n) is 4.91. The zero-order valence-electron chi connectivity index (χ0n) is 16.0. The van der Waals surface area contributed by atoms with E-state index in [1.807, 2.05) is 17.2 Å². The molecule has 0 fully saturated rings. The number of carbonyl (C=O) groups excluding carboxylic acids is 2. The van der Waals surface area contributed by atoms with Gasteiger partial charge in [0.2, 0.25) is 5.91 Å².